The monoisotopic (exact) mass is 349 g/mol. The molecule has 0 amide bonds. The largest absolute Gasteiger partial charge is 0.383 e. The van der Waals surface area contributed by atoms with Crippen LogP contribution in [0.4, 0.5) is 5.69 Å². The van der Waals surface area contributed by atoms with E-state index in [0.717, 1.165) is 27.6 Å². The van der Waals surface area contributed by atoms with Crippen LogP contribution in [0.2, 0.25) is 4.34 Å². The van der Waals surface area contributed by atoms with Gasteiger partial charge in [0.2, 0.25) is 0 Å². The van der Waals surface area contributed by atoms with Crippen LogP contribution in [0.5, 0.6) is 0 Å². The number of aromatic nitrogens is 2. The number of hydrogen-bond donors (Lipinski definition) is 1. The number of rotatable bonds is 6. The summed E-state index contributed by atoms with van der Waals surface area (Å²) >= 11 is 10.9. The average molecular weight is 351 g/mol. The lowest BCUT2D eigenvalue weighted by Crippen LogP contribution is -2.04. The Morgan fingerprint density at radius 1 is 1.61 bits per heavy atom. The van der Waals surface area contributed by atoms with Gasteiger partial charge in [-0.05, 0) is 22.0 Å². The normalized spacial score (nSPS) is 10.8. The van der Waals surface area contributed by atoms with Crippen molar-refractivity contribution in [3.05, 3.63) is 32.1 Å². The summed E-state index contributed by atoms with van der Waals surface area (Å²) in [6, 6.07) is 2.02. The highest BCUT2D eigenvalue weighted by atomic mass is 79.9. The van der Waals surface area contributed by atoms with Gasteiger partial charge < -0.3 is 10.1 Å². The Morgan fingerprint density at radius 2 is 2.44 bits per heavy atom. The van der Waals surface area contributed by atoms with Gasteiger partial charge >= 0.3 is 0 Å². The zero-order chi connectivity index (χ0) is 13.0. The van der Waals surface area contributed by atoms with Crippen molar-refractivity contribution < 1.29 is 4.74 Å². The summed E-state index contributed by atoms with van der Waals surface area (Å²) in [6.45, 7) is 2.16. The minimum Gasteiger partial charge on any atom is -0.383 e. The quantitative estimate of drug-likeness (QED) is 0.865. The van der Waals surface area contributed by atoms with Gasteiger partial charge in [0.25, 0.3) is 0 Å². The number of ether oxygens (including phenoxy) is 1. The molecule has 0 aliphatic heterocycles. The fourth-order valence-corrected chi connectivity index (χ4v) is 3.16. The zero-order valence-electron chi connectivity index (χ0n) is 9.82. The van der Waals surface area contributed by atoms with Gasteiger partial charge in [-0.1, -0.05) is 11.6 Å². The first-order chi connectivity index (χ1) is 8.69. The van der Waals surface area contributed by atoms with E-state index < -0.39 is 0 Å². The van der Waals surface area contributed by atoms with E-state index in [4.69, 9.17) is 16.3 Å². The third kappa shape index (κ3) is 3.71. The zero-order valence-corrected chi connectivity index (χ0v) is 13.0. The van der Waals surface area contributed by atoms with E-state index in [9.17, 15) is 0 Å². The number of anilines is 1. The van der Waals surface area contributed by atoms with Crippen molar-refractivity contribution in [2.45, 2.75) is 13.1 Å². The first-order valence-corrected chi connectivity index (χ1v) is 7.37. The second-order valence-corrected chi connectivity index (χ2v) is 6.27. The lowest BCUT2D eigenvalue weighted by Gasteiger charge is -2.00. The average Bonchev–Trinajstić information content (AvgIpc) is 2.92. The summed E-state index contributed by atoms with van der Waals surface area (Å²) in [4.78, 5) is 1.18. The van der Waals surface area contributed by atoms with Crippen molar-refractivity contribution in [1.29, 1.82) is 0 Å². The van der Waals surface area contributed by atoms with E-state index in [1.54, 1.807) is 24.6 Å². The fraction of sp³-hybridized carbons (Fsp3) is 0.364. The molecule has 0 spiro atoms. The molecule has 7 heteroatoms. The molecule has 2 heterocycles. The summed E-state index contributed by atoms with van der Waals surface area (Å²) in [7, 11) is 1.68. The minimum atomic E-state index is 0.661. The molecule has 0 radical (unpaired) electrons. The Bertz CT molecular complexity index is 495. The van der Waals surface area contributed by atoms with Crippen LogP contribution in [0.15, 0.2) is 22.9 Å². The molecule has 0 bridgehead atoms. The van der Waals surface area contributed by atoms with Crippen LogP contribution >= 0.6 is 38.9 Å². The van der Waals surface area contributed by atoms with Gasteiger partial charge in [0.1, 0.15) is 4.34 Å². The van der Waals surface area contributed by atoms with E-state index in [2.05, 4.69) is 26.3 Å². The van der Waals surface area contributed by atoms with Crippen LogP contribution in [0.25, 0.3) is 0 Å². The topological polar surface area (TPSA) is 39.1 Å². The lowest BCUT2D eigenvalue weighted by molar-refractivity contribution is 0.183. The standard InChI is InChI=1S/C11H13BrClN3OS/c1-17-3-2-16-7-8(5-15-16)14-6-9-4-10(12)11(13)18-9/h4-5,7,14H,2-3,6H2,1H3. The third-order valence-electron chi connectivity index (χ3n) is 2.32. The molecule has 0 unspecified atom stereocenters. The summed E-state index contributed by atoms with van der Waals surface area (Å²) < 4.78 is 8.58. The number of thiophene rings is 1. The molecule has 18 heavy (non-hydrogen) atoms. The molecule has 0 saturated carbocycles. The molecular formula is C11H13BrClN3OS. The van der Waals surface area contributed by atoms with Crippen molar-refractivity contribution in [2.24, 2.45) is 0 Å². The highest BCUT2D eigenvalue weighted by Crippen LogP contribution is 2.32. The van der Waals surface area contributed by atoms with Gasteiger partial charge in [-0.2, -0.15) is 5.10 Å². The molecule has 0 aromatic carbocycles. The SMILES string of the molecule is COCCn1cc(NCc2cc(Br)c(Cl)s2)cn1. The summed E-state index contributed by atoms with van der Waals surface area (Å²) in [5.41, 5.74) is 0.992. The van der Waals surface area contributed by atoms with Gasteiger partial charge in [0, 0.05) is 29.2 Å². The van der Waals surface area contributed by atoms with E-state index in [1.807, 2.05) is 16.9 Å². The van der Waals surface area contributed by atoms with E-state index >= 15 is 0 Å². The molecule has 98 valence electrons. The van der Waals surface area contributed by atoms with Crippen molar-refractivity contribution in [3.8, 4) is 0 Å². The van der Waals surface area contributed by atoms with Gasteiger partial charge in [-0.3, -0.25) is 4.68 Å². The number of hydrogen-bond acceptors (Lipinski definition) is 4. The van der Waals surface area contributed by atoms with Crippen LogP contribution in [-0.4, -0.2) is 23.5 Å². The summed E-state index contributed by atoms with van der Waals surface area (Å²) in [5.74, 6) is 0. The number of halogens is 2. The Morgan fingerprint density at radius 3 is 3.11 bits per heavy atom. The molecule has 0 atom stereocenters. The molecule has 0 fully saturated rings. The molecule has 4 nitrogen and oxygen atoms in total. The maximum absolute atomic E-state index is 5.99. The van der Waals surface area contributed by atoms with Gasteiger partial charge in [0.05, 0.1) is 25.0 Å². The van der Waals surface area contributed by atoms with E-state index in [1.165, 1.54) is 4.88 Å². The Labute approximate surface area is 123 Å². The van der Waals surface area contributed by atoms with Crippen molar-refractivity contribution in [2.75, 3.05) is 19.0 Å². The Hall–Kier alpha value is -0.560. The highest BCUT2D eigenvalue weighted by molar-refractivity contribution is 9.10. The van der Waals surface area contributed by atoms with Crippen LogP contribution in [0.1, 0.15) is 4.88 Å². The van der Waals surface area contributed by atoms with Crippen LogP contribution in [0, 0.1) is 0 Å². The van der Waals surface area contributed by atoms with Crippen LogP contribution in [0.3, 0.4) is 0 Å². The fourth-order valence-electron chi connectivity index (χ4n) is 1.43. The molecule has 0 aliphatic carbocycles. The summed E-state index contributed by atoms with van der Waals surface area (Å²) in [5, 5.41) is 7.54. The predicted octanol–water partition coefficient (Wildman–Crippen LogP) is 3.62. The maximum Gasteiger partial charge on any atom is 0.107 e. The Balaban J connectivity index is 1.88. The molecule has 1 N–H and O–H groups in total. The highest BCUT2D eigenvalue weighted by Gasteiger charge is 2.05. The Kier molecular flexibility index (Phi) is 5.05. The van der Waals surface area contributed by atoms with Crippen molar-refractivity contribution >= 4 is 44.6 Å². The van der Waals surface area contributed by atoms with Gasteiger partial charge in [-0.25, -0.2) is 0 Å². The second kappa shape index (κ2) is 6.56. The first-order valence-electron chi connectivity index (χ1n) is 5.38. The van der Waals surface area contributed by atoms with Crippen LogP contribution < -0.4 is 5.32 Å². The first kappa shape index (κ1) is 13.9. The number of nitrogens with one attached hydrogen (secondary N) is 1. The molecule has 2 rings (SSSR count). The molecular weight excluding hydrogens is 338 g/mol. The number of methoxy groups -OCH3 is 1. The van der Waals surface area contributed by atoms with Gasteiger partial charge in [-0.15, -0.1) is 11.3 Å². The molecule has 0 saturated heterocycles. The number of nitrogens with zero attached hydrogens (tertiary/aromatic N) is 2. The second-order valence-electron chi connectivity index (χ2n) is 3.67. The predicted molar refractivity (Wildman–Crippen MR) is 78.5 cm³/mol. The molecule has 2 aromatic heterocycles. The van der Waals surface area contributed by atoms with E-state index in [0.29, 0.717) is 6.61 Å². The van der Waals surface area contributed by atoms with Crippen LogP contribution in [-0.2, 0) is 17.8 Å². The minimum absolute atomic E-state index is 0.661. The summed E-state index contributed by atoms with van der Waals surface area (Å²) in [6.07, 6.45) is 3.77. The maximum atomic E-state index is 5.99. The van der Waals surface area contributed by atoms with Gasteiger partial charge in [0.15, 0.2) is 0 Å². The van der Waals surface area contributed by atoms with Crippen molar-refractivity contribution in [3.63, 3.8) is 0 Å². The lowest BCUT2D eigenvalue weighted by atomic mass is 10.4. The third-order valence-corrected chi connectivity index (χ3v) is 4.80. The molecule has 0 aliphatic rings. The molecule has 2 aromatic rings. The van der Waals surface area contributed by atoms with Crippen molar-refractivity contribution in [1.82, 2.24) is 9.78 Å². The van der Waals surface area contributed by atoms with E-state index in [-0.39, 0.29) is 0 Å². The smallest absolute Gasteiger partial charge is 0.107 e.